The first kappa shape index (κ1) is 11.7. The van der Waals surface area contributed by atoms with E-state index in [1.165, 1.54) is 19.5 Å². The van der Waals surface area contributed by atoms with Gasteiger partial charge in [-0.2, -0.15) is 0 Å². The molecule has 2 aromatic heterocycles. The number of nitrogens with zero attached hydrogens (tertiary/aromatic N) is 2. The van der Waals surface area contributed by atoms with Gasteiger partial charge < -0.3 is 4.74 Å². The number of aromatic nitrogens is 2. The van der Waals surface area contributed by atoms with Gasteiger partial charge in [-0.25, -0.2) is 23.5 Å². The molecule has 8 heteroatoms. The van der Waals surface area contributed by atoms with E-state index in [1.54, 1.807) is 0 Å². The van der Waals surface area contributed by atoms with Crippen LogP contribution >= 0.6 is 0 Å². The molecule has 0 fully saturated rings. The number of pyridine rings is 1. The van der Waals surface area contributed by atoms with E-state index in [0.717, 1.165) is 10.5 Å². The number of imidazole rings is 1. The lowest BCUT2D eigenvalue weighted by atomic mass is 10.4. The van der Waals surface area contributed by atoms with Crippen LogP contribution in [0.15, 0.2) is 23.4 Å². The first-order chi connectivity index (χ1) is 8.04. The average molecular weight is 257 g/mol. The largest absolute Gasteiger partial charge is 0.464 e. The number of methoxy groups -OCH3 is 1. The van der Waals surface area contributed by atoms with E-state index < -0.39 is 22.8 Å². The van der Waals surface area contributed by atoms with Crippen LogP contribution in [0.3, 0.4) is 0 Å². The Balaban J connectivity index is 2.74. The van der Waals surface area contributed by atoms with Gasteiger partial charge in [-0.15, -0.1) is 0 Å². The fraction of sp³-hybridized carbons (Fsp3) is 0.111. The summed E-state index contributed by atoms with van der Waals surface area (Å²) in [5, 5.41) is 5.16. The molecule has 0 radical (unpaired) electrons. The predicted molar refractivity (Wildman–Crippen MR) is 57.1 cm³/mol. The molecule has 6 nitrogen and oxygen atoms in total. The van der Waals surface area contributed by atoms with Gasteiger partial charge in [-0.05, 0) is 6.07 Å². The lowest BCUT2D eigenvalue weighted by Crippen LogP contribution is -2.09. The van der Waals surface area contributed by atoms with Gasteiger partial charge in [0.1, 0.15) is 11.0 Å². The normalized spacial score (nSPS) is 12.6. The summed E-state index contributed by atoms with van der Waals surface area (Å²) in [6, 6.07) is 1.01. The monoisotopic (exact) mass is 257 g/mol. The van der Waals surface area contributed by atoms with E-state index in [2.05, 4.69) is 9.72 Å². The van der Waals surface area contributed by atoms with Gasteiger partial charge in [-0.1, -0.05) is 0 Å². The molecule has 90 valence electrons. The van der Waals surface area contributed by atoms with Crippen LogP contribution in [0.2, 0.25) is 0 Å². The summed E-state index contributed by atoms with van der Waals surface area (Å²) in [5.41, 5.74) is -0.0201. The van der Waals surface area contributed by atoms with E-state index >= 15 is 0 Å². The van der Waals surface area contributed by atoms with Gasteiger partial charge >= 0.3 is 5.97 Å². The third kappa shape index (κ3) is 1.92. The molecule has 2 rings (SSSR count). The number of carbonyl (C=O) groups is 1. The van der Waals surface area contributed by atoms with Crippen molar-refractivity contribution in [1.29, 1.82) is 0 Å². The Labute approximate surface area is 97.8 Å². The molecule has 0 aromatic carbocycles. The van der Waals surface area contributed by atoms with E-state index in [9.17, 15) is 13.4 Å². The lowest BCUT2D eigenvalue weighted by molar-refractivity contribution is 0.0592. The molecule has 0 saturated carbocycles. The molecule has 1 unspecified atom stereocenters. The van der Waals surface area contributed by atoms with Crippen LogP contribution in [0, 0.1) is 5.82 Å². The third-order valence-electron chi connectivity index (χ3n) is 2.16. The zero-order valence-electron chi connectivity index (χ0n) is 8.71. The van der Waals surface area contributed by atoms with E-state index in [0.29, 0.717) is 0 Å². The minimum Gasteiger partial charge on any atom is -0.464 e. The quantitative estimate of drug-likeness (QED) is 0.781. The van der Waals surface area contributed by atoms with Crippen molar-refractivity contribution in [2.24, 2.45) is 5.14 Å². The molecule has 2 heterocycles. The van der Waals surface area contributed by atoms with Crippen LogP contribution in [0.5, 0.6) is 0 Å². The molecule has 0 spiro atoms. The summed E-state index contributed by atoms with van der Waals surface area (Å²) in [7, 11) is -0.646. The molecule has 17 heavy (non-hydrogen) atoms. The zero-order valence-corrected chi connectivity index (χ0v) is 9.53. The summed E-state index contributed by atoms with van der Waals surface area (Å²) in [5.74, 6) is -1.38. The summed E-state index contributed by atoms with van der Waals surface area (Å²) >= 11 is 0. The highest BCUT2D eigenvalue weighted by Crippen LogP contribution is 2.15. The molecule has 1 atom stereocenters. The summed E-state index contributed by atoms with van der Waals surface area (Å²) < 4.78 is 30.3. The third-order valence-corrected chi connectivity index (χ3v) is 2.85. The molecule has 0 amide bonds. The Kier molecular flexibility index (Phi) is 2.90. The van der Waals surface area contributed by atoms with Crippen molar-refractivity contribution < 1.29 is 18.1 Å². The number of halogens is 1. The second-order valence-electron chi connectivity index (χ2n) is 3.15. The lowest BCUT2D eigenvalue weighted by Gasteiger charge is -2.02. The number of ether oxygens (including phenoxy) is 1. The minimum absolute atomic E-state index is 0.0358. The number of carbonyl (C=O) groups excluding carboxylic acids is 1. The number of esters is 1. The van der Waals surface area contributed by atoms with Gasteiger partial charge in [0.15, 0.2) is 17.2 Å². The molecule has 0 aliphatic heterocycles. The fourth-order valence-electron chi connectivity index (χ4n) is 1.39. The first-order valence-corrected chi connectivity index (χ1v) is 5.67. The first-order valence-electron chi connectivity index (χ1n) is 4.45. The Bertz CT molecular complexity index is 625. The predicted octanol–water partition coefficient (Wildman–Crippen LogP) is 0.241. The molecular weight excluding hydrogens is 249 g/mol. The molecule has 0 bridgehead atoms. The topological polar surface area (TPSA) is 86.7 Å². The maximum atomic E-state index is 13.6. The Morgan fingerprint density at radius 1 is 1.65 bits per heavy atom. The van der Waals surface area contributed by atoms with Crippen molar-refractivity contribution in [2.75, 3.05) is 7.11 Å². The van der Waals surface area contributed by atoms with Crippen molar-refractivity contribution in [3.8, 4) is 0 Å². The van der Waals surface area contributed by atoms with E-state index in [4.69, 9.17) is 5.14 Å². The van der Waals surface area contributed by atoms with Crippen LogP contribution in [0.25, 0.3) is 5.65 Å². The van der Waals surface area contributed by atoms with Gasteiger partial charge in [0.25, 0.3) is 0 Å². The van der Waals surface area contributed by atoms with Gasteiger partial charge in [0.2, 0.25) is 0 Å². The maximum absolute atomic E-state index is 13.6. The maximum Gasteiger partial charge on any atom is 0.356 e. The van der Waals surface area contributed by atoms with Crippen molar-refractivity contribution in [3.63, 3.8) is 0 Å². The molecule has 2 aromatic rings. The smallest absolute Gasteiger partial charge is 0.356 e. The summed E-state index contributed by atoms with van der Waals surface area (Å²) in [6.07, 6.45) is 2.46. The second kappa shape index (κ2) is 4.22. The molecule has 2 N–H and O–H groups in total. The number of rotatable bonds is 2. The standard InChI is InChI=1S/C9H8FN3O3S/c1-16-9(14)7-3-12-8-6(10)2-5(17(11)15)4-13(7)8/h2-4H,11H2,1H3. The molecule has 0 aliphatic rings. The summed E-state index contributed by atoms with van der Waals surface area (Å²) in [6.45, 7) is 0. The highest BCUT2D eigenvalue weighted by Gasteiger charge is 2.16. The van der Waals surface area contributed by atoms with Gasteiger partial charge in [0.05, 0.1) is 18.2 Å². The molecule has 0 saturated heterocycles. The van der Waals surface area contributed by atoms with Crippen molar-refractivity contribution >= 4 is 22.6 Å². The van der Waals surface area contributed by atoms with Crippen LogP contribution in [0.1, 0.15) is 10.5 Å². The molecular formula is C9H8FN3O3S. The zero-order chi connectivity index (χ0) is 12.6. The van der Waals surface area contributed by atoms with Gasteiger partial charge in [-0.3, -0.25) is 4.40 Å². The Morgan fingerprint density at radius 3 is 2.94 bits per heavy atom. The second-order valence-corrected chi connectivity index (χ2v) is 4.22. The number of hydrogen-bond acceptors (Lipinski definition) is 4. The SMILES string of the molecule is COC(=O)c1cnc2c(F)cc(S(N)=O)cn12. The van der Waals surface area contributed by atoms with E-state index in [1.807, 2.05) is 0 Å². The average Bonchev–Trinajstić information content (AvgIpc) is 2.72. The highest BCUT2D eigenvalue weighted by atomic mass is 32.2. The van der Waals surface area contributed by atoms with Crippen molar-refractivity contribution in [1.82, 2.24) is 9.38 Å². The number of hydrogen-bond donors (Lipinski definition) is 1. The van der Waals surface area contributed by atoms with Gasteiger partial charge in [0, 0.05) is 6.20 Å². The summed E-state index contributed by atoms with van der Waals surface area (Å²) in [4.78, 5) is 15.2. The van der Waals surface area contributed by atoms with Crippen molar-refractivity contribution in [2.45, 2.75) is 4.90 Å². The number of nitrogens with two attached hydrogens (primary N) is 1. The van der Waals surface area contributed by atoms with Crippen LogP contribution < -0.4 is 5.14 Å². The van der Waals surface area contributed by atoms with Crippen LogP contribution in [-0.2, 0) is 15.7 Å². The van der Waals surface area contributed by atoms with E-state index in [-0.39, 0.29) is 16.2 Å². The molecule has 0 aliphatic carbocycles. The van der Waals surface area contributed by atoms with Crippen molar-refractivity contribution in [3.05, 3.63) is 30.0 Å². The minimum atomic E-state index is -1.84. The Morgan fingerprint density at radius 2 is 2.35 bits per heavy atom. The Hall–Kier alpha value is -1.80. The number of fused-ring (bicyclic) bond motifs is 1. The van der Waals surface area contributed by atoms with Crippen LogP contribution in [-0.4, -0.2) is 26.7 Å². The fourth-order valence-corrected chi connectivity index (χ4v) is 1.82. The van der Waals surface area contributed by atoms with Crippen LogP contribution in [0.4, 0.5) is 4.39 Å². The highest BCUT2D eigenvalue weighted by molar-refractivity contribution is 7.82.